The van der Waals surface area contributed by atoms with Crippen LogP contribution in [0.15, 0.2) is 24.3 Å². The van der Waals surface area contributed by atoms with Gasteiger partial charge in [-0.2, -0.15) is 0 Å². The van der Waals surface area contributed by atoms with Gasteiger partial charge < -0.3 is 15.0 Å². The Balaban J connectivity index is 1.90. The van der Waals surface area contributed by atoms with Crippen LogP contribution in [-0.2, 0) is 16.0 Å². The molecule has 5 nitrogen and oxygen atoms in total. The number of ether oxygens (including phenoxy) is 1. The molecule has 0 aromatic heterocycles. The van der Waals surface area contributed by atoms with Crippen molar-refractivity contribution in [1.29, 1.82) is 0 Å². The van der Waals surface area contributed by atoms with Gasteiger partial charge in [0, 0.05) is 25.7 Å². The minimum Gasteiger partial charge on any atom is -0.444 e. The second-order valence-electron chi connectivity index (χ2n) is 6.59. The van der Waals surface area contributed by atoms with Gasteiger partial charge in [0.05, 0.1) is 0 Å². The summed E-state index contributed by atoms with van der Waals surface area (Å²) in [5.41, 5.74) is 2.75. The molecule has 0 bridgehead atoms. The predicted molar refractivity (Wildman–Crippen MR) is 91.4 cm³/mol. The van der Waals surface area contributed by atoms with Crippen LogP contribution < -0.4 is 10.2 Å². The SMILES string of the molecule is CC(=O)N1CCc2cc(C=CCNC(=O)OC(C)(C)C)ccc21. The standard InChI is InChI=1S/C18H24N2O3/c1-13(21)20-11-9-15-12-14(7-8-16(15)20)6-5-10-19-17(22)23-18(2,3)4/h5-8,12H,9-11H2,1-4H3,(H,19,22). The fourth-order valence-corrected chi connectivity index (χ4v) is 2.50. The van der Waals surface area contributed by atoms with Crippen molar-refractivity contribution < 1.29 is 14.3 Å². The second-order valence-corrected chi connectivity index (χ2v) is 6.59. The maximum atomic E-state index is 11.5. The monoisotopic (exact) mass is 316 g/mol. The summed E-state index contributed by atoms with van der Waals surface area (Å²) in [5.74, 6) is 0.0774. The van der Waals surface area contributed by atoms with E-state index in [1.165, 1.54) is 5.56 Å². The van der Waals surface area contributed by atoms with E-state index >= 15 is 0 Å². The fourth-order valence-electron chi connectivity index (χ4n) is 2.50. The lowest BCUT2D eigenvalue weighted by atomic mass is 10.1. The lowest BCUT2D eigenvalue weighted by Gasteiger charge is -2.19. The molecule has 0 saturated heterocycles. The maximum absolute atomic E-state index is 11.5. The van der Waals surface area contributed by atoms with Gasteiger partial charge in [-0.3, -0.25) is 4.79 Å². The van der Waals surface area contributed by atoms with E-state index in [9.17, 15) is 9.59 Å². The van der Waals surface area contributed by atoms with Crippen LogP contribution in [0.3, 0.4) is 0 Å². The van der Waals surface area contributed by atoms with E-state index < -0.39 is 11.7 Å². The van der Waals surface area contributed by atoms with Crippen LogP contribution >= 0.6 is 0 Å². The summed E-state index contributed by atoms with van der Waals surface area (Å²) in [6.07, 6.45) is 4.29. The van der Waals surface area contributed by atoms with Crippen molar-refractivity contribution in [3.05, 3.63) is 35.4 Å². The van der Waals surface area contributed by atoms with Crippen molar-refractivity contribution in [3.8, 4) is 0 Å². The number of fused-ring (bicyclic) bond motifs is 1. The molecule has 5 heteroatoms. The molecule has 0 saturated carbocycles. The Kier molecular flexibility index (Phi) is 5.08. The van der Waals surface area contributed by atoms with Crippen LogP contribution in [0.4, 0.5) is 10.5 Å². The minimum atomic E-state index is -0.490. The molecule has 0 spiro atoms. The molecule has 0 unspecified atom stereocenters. The summed E-state index contributed by atoms with van der Waals surface area (Å²) in [6.45, 7) is 8.24. The Morgan fingerprint density at radius 2 is 2.09 bits per heavy atom. The third-order valence-electron chi connectivity index (χ3n) is 3.45. The van der Waals surface area contributed by atoms with Crippen molar-refractivity contribution in [2.75, 3.05) is 18.0 Å². The zero-order valence-electron chi connectivity index (χ0n) is 14.2. The number of rotatable bonds is 3. The molecule has 1 aromatic carbocycles. The number of benzene rings is 1. The first-order chi connectivity index (χ1) is 10.8. The number of nitrogens with one attached hydrogen (secondary N) is 1. The largest absolute Gasteiger partial charge is 0.444 e. The Labute approximate surface area is 137 Å². The average molecular weight is 316 g/mol. The highest BCUT2D eigenvalue weighted by Gasteiger charge is 2.21. The van der Waals surface area contributed by atoms with Crippen molar-refractivity contribution in [2.45, 2.75) is 39.7 Å². The lowest BCUT2D eigenvalue weighted by Crippen LogP contribution is -2.32. The van der Waals surface area contributed by atoms with Gasteiger partial charge in [-0.25, -0.2) is 4.79 Å². The molecule has 1 heterocycles. The highest BCUT2D eigenvalue weighted by Crippen LogP contribution is 2.29. The lowest BCUT2D eigenvalue weighted by molar-refractivity contribution is -0.116. The van der Waals surface area contributed by atoms with Gasteiger partial charge in [-0.1, -0.05) is 18.2 Å². The van der Waals surface area contributed by atoms with E-state index in [1.54, 1.807) is 11.8 Å². The Morgan fingerprint density at radius 3 is 2.74 bits per heavy atom. The second kappa shape index (κ2) is 6.86. The van der Waals surface area contributed by atoms with E-state index in [4.69, 9.17) is 4.74 Å². The maximum Gasteiger partial charge on any atom is 0.407 e. The number of amides is 2. The molecular formula is C18H24N2O3. The van der Waals surface area contributed by atoms with Crippen LogP contribution in [0, 0.1) is 0 Å². The third-order valence-corrected chi connectivity index (χ3v) is 3.45. The molecule has 124 valence electrons. The molecule has 0 atom stereocenters. The molecule has 1 N–H and O–H groups in total. The van der Waals surface area contributed by atoms with Crippen LogP contribution in [0.5, 0.6) is 0 Å². The summed E-state index contributed by atoms with van der Waals surface area (Å²) < 4.78 is 5.16. The first kappa shape index (κ1) is 17.1. The van der Waals surface area contributed by atoms with Gasteiger partial charge in [-0.15, -0.1) is 0 Å². The van der Waals surface area contributed by atoms with E-state index in [1.807, 2.05) is 45.1 Å². The minimum absolute atomic E-state index is 0.0774. The molecule has 1 aliphatic heterocycles. The van der Waals surface area contributed by atoms with Crippen LogP contribution in [-0.4, -0.2) is 30.7 Å². The van der Waals surface area contributed by atoms with Crippen LogP contribution in [0.25, 0.3) is 6.08 Å². The average Bonchev–Trinajstić information content (AvgIpc) is 2.85. The van der Waals surface area contributed by atoms with E-state index in [0.717, 1.165) is 24.2 Å². The Hall–Kier alpha value is -2.30. The molecule has 2 rings (SSSR count). The summed E-state index contributed by atoms with van der Waals surface area (Å²) in [6, 6.07) is 6.04. The zero-order valence-corrected chi connectivity index (χ0v) is 14.2. The zero-order chi connectivity index (χ0) is 17.0. The van der Waals surface area contributed by atoms with E-state index in [2.05, 4.69) is 11.4 Å². The number of nitrogens with zero attached hydrogens (tertiary/aromatic N) is 1. The molecule has 23 heavy (non-hydrogen) atoms. The third kappa shape index (κ3) is 4.84. The molecule has 0 radical (unpaired) electrons. The van der Waals surface area contributed by atoms with Crippen LogP contribution in [0.1, 0.15) is 38.8 Å². The molecular weight excluding hydrogens is 292 g/mol. The summed E-state index contributed by atoms with van der Waals surface area (Å²) in [4.78, 5) is 24.8. The molecule has 2 amide bonds. The molecule has 1 aromatic rings. The van der Waals surface area contributed by atoms with Crippen molar-refractivity contribution in [2.24, 2.45) is 0 Å². The summed E-state index contributed by atoms with van der Waals surface area (Å²) >= 11 is 0. The fraction of sp³-hybridized carbons (Fsp3) is 0.444. The first-order valence-corrected chi connectivity index (χ1v) is 7.81. The number of anilines is 1. The molecule has 1 aliphatic rings. The highest BCUT2D eigenvalue weighted by molar-refractivity contribution is 5.93. The number of hydrogen-bond donors (Lipinski definition) is 1. The van der Waals surface area contributed by atoms with Crippen molar-refractivity contribution in [3.63, 3.8) is 0 Å². The van der Waals surface area contributed by atoms with Gasteiger partial charge in [0.25, 0.3) is 0 Å². The summed E-state index contributed by atoms with van der Waals surface area (Å²) in [7, 11) is 0. The normalized spacial score (nSPS) is 14.0. The van der Waals surface area contributed by atoms with E-state index in [0.29, 0.717) is 6.54 Å². The number of alkyl carbamates (subject to hydrolysis) is 1. The number of carbonyl (C=O) groups is 2. The van der Waals surface area contributed by atoms with Gasteiger partial charge in [0.2, 0.25) is 5.91 Å². The Bertz CT molecular complexity index is 630. The van der Waals surface area contributed by atoms with Crippen molar-refractivity contribution >= 4 is 23.8 Å². The summed E-state index contributed by atoms with van der Waals surface area (Å²) in [5, 5.41) is 2.68. The smallest absolute Gasteiger partial charge is 0.407 e. The molecule has 0 fully saturated rings. The van der Waals surface area contributed by atoms with Crippen LogP contribution in [0.2, 0.25) is 0 Å². The van der Waals surface area contributed by atoms with Crippen molar-refractivity contribution in [1.82, 2.24) is 5.32 Å². The van der Waals surface area contributed by atoms with Gasteiger partial charge in [-0.05, 0) is 50.5 Å². The predicted octanol–water partition coefficient (Wildman–Crippen LogP) is 3.13. The number of carbonyl (C=O) groups excluding carboxylic acids is 2. The first-order valence-electron chi connectivity index (χ1n) is 7.81. The Morgan fingerprint density at radius 1 is 1.35 bits per heavy atom. The topological polar surface area (TPSA) is 58.6 Å². The van der Waals surface area contributed by atoms with E-state index in [-0.39, 0.29) is 5.91 Å². The van der Waals surface area contributed by atoms with Gasteiger partial charge in [0.15, 0.2) is 0 Å². The van der Waals surface area contributed by atoms with Gasteiger partial charge in [0.1, 0.15) is 5.60 Å². The number of hydrogen-bond acceptors (Lipinski definition) is 3. The van der Waals surface area contributed by atoms with Gasteiger partial charge >= 0.3 is 6.09 Å². The molecule has 0 aliphatic carbocycles. The quantitative estimate of drug-likeness (QED) is 0.932. The highest BCUT2D eigenvalue weighted by atomic mass is 16.6.